The second-order valence-electron chi connectivity index (χ2n) is 5.36. The molecule has 0 aromatic carbocycles. The third-order valence-electron chi connectivity index (χ3n) is 3.45. The molecular weight excluding hydrogens is 306 g/mol. The Hall–Kier alpha value is -0.840. The van der Waals surface area contributed by atoms with E-state index >= 15 is 0 Å². The van der Waals surface area contributed by atoms with Gasteiger partial charge in [0, 0.05) is 30.2 Å². The minimum Gasteiger partial charge on any atom is -0.475 e. The molecule has 0 spiro atoms. The first-order chi connectivity index (χ1) is 9.06. The number of hydrogen-bond donors (Lipinski definition) is 0. The molecule has 0 saturated carbocycles. The molecule has 0 N–H and O–H groups in total. The first-order valence-electron chi connectivity index (χ1n) is 6.95. The lowest BCUT2D eigenvalue weighted by atomic mass is 9.94. The van der Waals surface area contributed by atoms with Crippen LogP contribution < -0.4 is 9.64 Å². The maximum absolute atomic E-state index is 5.62. The Kier molecular flexibility index (Phi) is 5.02. The van der Waals surface area contributed by atoms with Gasteiger partial charge in [-0.1, -0.05) is 22.9 Å². The highest BCUT2D eigenvalue weighted by molar-refractivity contribution is 9.09. The van der Waals surface area contributed by atoms with E-state index in [0.717, 1.165) is 25.0 Å². The monoisotopic (exact) mass is 327 g/mol. The fourth-order valence-corrected chi connectivity index (χ4v) is 2.88. The van der Waals surface area contributed by atoms with E-state index in [2.05, 4.69) is 37.7 Å². The number of piperidine rings is 1. The number of hydrogen-bond acceptors (Lipinski definition) is 4. The van der Waals surface area contributed by atoms with Gasteiger partial charge in [-0.3, -0.25) is 0 Å². The van der Waals surface area contributed by atoms with Crippen molar-refractivity contribution in [1.29, 1.82) is 0 Å². The van der Waals surface area contributed by atoms with E-state index in [1.165, 1.54) is 12.8 Å². The van der Waals surface area contributed by atoms with Gasteiger partial charge in [-0.2, -0.15) is 4.98 Å². The van der Waals surface area contributed by atoms with E-state index in [9.17, 15) is 0 Å². The molecule has 1 saturated heterocycles. The summed E-state index contributed by atoms with van der Waals surface area (Å²) in [6, 6.07) is 1.82. The summed E-state index contributed by atoms with van der Waals surface area (Å²) in [7, 11) is 0. The van der Waals surface area contributed by atoms with Crippen molar-refractivity contribution in [3.63, 3.8) is 0 Å². The fourth-order valence-electron chi connectivity index (χ4n) is 2.35. The molecule has 1 unspecified atom stereocenters. The van der Waals surface area contributed by atoms with Crippen LogP contribution in [0.2, 0.25) is 0 Å². The number of halogens is 1. The second-order valence-corrected chi connectivity index (χ2v) is 6.81. The highest BCUT2D eigenvalue weighted by Gasteiger charge is 2.23. The Morgan fingerprint density at radius 1 is 1.32 bits per heavy atom. The van der Waals surface area contributed by atoms with E-state index in [0.29, 0.717) is 10.7 Å². The molecule has 0 amide bonds. The van der Waals surface area contributed by atoms with Gasteiger partial charge in [0.05, 0.1) is 6.10 Å². The molecule has 1 fully saturated rings. The van der Waals surface area contributed by atoms with Crippen molar-refractivity contribution in [3.05, 3.63) is 12.3 Å². The molecule has 5 heteroatoms. The zero-order valence-corrected chi connectivity index (χ0v) is 13.4. The van der Waals surface area contributed by atoms with E-state index < -0.39 is 0 Å². The van der Waals surface area contributed by atoms with Crippen LogP contribution in [0.1, 0.15) is 33.6 Å². The van der Waals surface area contributed by atoms with Crippen LogP contribution in [0.15, 0.2) is 12.3 Å². The lowest BCUT2D eigenvalue weighted by molar-refractivity contribution is 0.232. The minimum atomic E-state index is 0.141. The topological polar surface area (TPSA) is 38.2 Å². The van der Waals surface area contributed by atoms with Gasteiger partial charge in [0.25, 0.3) is 0 Å². The molecular formula is C14H22BrN3O. The van der Waals surface area contributed by atoms with Gasteiger partial charge in [-0.15, -0.1) is 0 Å². The Morgan fingerprint density at radius 2 is 2.00 bits per heavy atom. The molecule has 0 aliphatic carbocycles. The lowest BCUT2D eigenvalue weighted by Crippen LogP contribution is -2.36. The summed E-state index contributed by atoms with van der Waals surface area (Å²) in [5.41, 5.74) is 0. The summed E-state index contributed by atoms with van der Waals surface area (Å²) < 4.78 is 5.62. The van der Waals surface area contributed by atoms with Crippen LogP contribution in [0.4, 0.5) is 5.95 Å². The largest absolute Gasteiger partial charge is 0.475 e. The number of aromatic nitrogens is 2. The average Bonchev–Trinajstić information content (AvgIpc) is 2.38. The van der Waals surface area contributed by atoms with Crippen molar-refractivity contribution < 1.29 is 4.74 Å². The van der Waals surface area contributed by atoms with Gasteiger partial charge in [0.1, 0.15) is 0 Å². The molecule has 4 nitrogen and oxygen atoms in total. The summed E-state index contributed by atoms with van der Waals surface area (Å²) >= 11 is 3.68. The molecule has 2 heterocycles. The second kappa shape index (κ2) is 6.55. The molecule has 2 rings (SSSR count). The number of anilines is 1. The van der Waals surface area contributed by atoms with Gasteiger partial charge in [0.2, 0.25) is 11.8 Å². The zero-order valence-electron chi connectivity index (χ0n) is 11.8. The summed E-state index contributed by atoms with van der Waals surface area (Å²) in [6.45, 7) is 8.28. The number of ether oxygens (including phenoxy) is 1. The number of alkyl halides is 1. The Balaban J connectivity index is 1.99. The Morgan fingerprint density at radius 3 is 2.58 bits per heavy atom. The predicted molar refractivity (Wildman–Crippen MR) is 81.1 cm³/mol. The molecule has 1 aromatic rings. The van der Waals surface area contributed by atoms with Crippen LogP contribution in [0.5, 0.6) is 5.88 Å². The van der Waals surface area contributed by atoms with Crippen LogP contribution in [0.3, 0.4) is 0 Å². The van der Waals surface area contributed by atoms with E-state index in [1.54, 1.807) is 6.20 Å². The lowest BCUT2D eigenvalue weighted by Gasteiger charge is -2.33. The Labute approximate surface area is 123 Å². The van der Waals surface area contributed by atoms with Gasteiger partial charge in [-0.25, -0.2) is 4.98 Å². The standard InChI is InChI=1S/C14H22BrN3O/c1-10(2)19-13-4-7-16-14(17-13)18-8-5-12(6-9-18)11(3)15/h4,7,10-12H,5-6,8-9H2,1-3H3. The first-order valence-corrected chi connectivity index (χ1v) is 7.86. The molecule has 1 aliphatic rings. The quantitative estimate of drug-likeness (QED) is 0.795. The molecule has 0 radical (unpaired) electrons. The van der Waals surface area contributed by atoms with Crippen molar-refractivity contribution in [2.24, 2.45) is 5.92 Å². The maximum atomic E-state index is 5.62. The van der Waals surface area contributed by atoms with Crippen LogP contribution in [0, 0.1) is 5.92 Å². The summed E-state index contributed by atoms with van der Waals surface area (Å²) in [5.74, 6) is 2.21. The van der Waals surface area contributed by atoms with Crippen molar-refractivity contribution in [2.45, 2.75) is 44.5 Å². The number of nitrogens with zero attached hydrogens (tertiary/aromatic N) is 3. The first kappa shape index (κ1) is 14.6. The van der Waals surface area contributed by atoms with E-state index in [-0.39, 0.29) is 6.10 Å². The van der Waals surface area contributed by atoms with Gasteiger partial charge in [-0.05, 0) is 32.6 Å². The summed E-state index contributed by atoms with van der Waals surface area (Å²) in [5, 5.41) is 0. The van der Waals surface area contributed by atoms with Gasteiger partial charge >= 0.3 is 0 Å². The summed E-state index contributed by atoms with van der Waals surface area (Å²) in [4.78, 5) is 11.7. The highest BCUT2D eigenvalue weighted by Crippen LogP contribution is 2.27. The van der Waals surface area contributed by atoms with E-state index in [1.807, 2.05) is 19.9 Å². The highest BCUT2D eigenvalue weighted by atomic mass is 79.9. The third-order valence-corrected chi connectivity index (χ3v) is 4.19. The molecule has 106 valence electrons. The van der Waals surface area contributed by atoms with E-state index in [4.69, 9.17) is 4.74 Å². The SMILES string of the molecule is CC(C)Oc1ccnc(N2CCC(C(C)Br)CC2)n1. The van der Waals surface area contributed by atoms with Crippen molar-refractivity contribution in [3.8, 4) is 5.88 Å². The van der Waals surface area contributed by atoms with Gasteiger partial charge < -0.3 is 9.64 Å². The molecule has 1 aliphatic heterocycles. The van der Waals surface area contributed by atoms with Crippen molar-refractivity contribution in [1.82, 2.24) is 9.97 Å². The van der Waals surface area contributed by atoms with Gasteiger partial charge in [0.15, 0.2) is 0 Å². The number of rotatable bonds is 4. The van der Waals surface area contributed by atoms with Crippen molar-refractivity contribution >= 4 is 21.9 Å². The predicted octanol–water partition coefficient (Wildman–Crippen LogP) is 3.26. The Bertz CT molecular complexity index is 403. The smallest absolute Gasteiger partial charge is 0.228 e. The molecule has 0 bridgehead atoms. The zero-order chi connectivity index (χ0) is 13.8. The molecule has 1 aromatic heterocycles. The van der Waals surface area contributed by atoms with Crippen LogP contribution in [-0.2, 0) is 0 Å². The molecule has 1 atom stereocenters. The van der Waals surface area contributed by atoms with Crippen LogP contribution >= 0.6 is 15.9 Å². The minimum absolute atomic E-state index is 0.141. The maximum Gasteiger partial charge on any atom is 0.228 e. The normalized spacial score (nSPS) is 18.7. The summed E-state index contributed by atoms with van der Waals surface area (Å²) in [6.07, 6.45) is 4.29. The fraction of sp³-hybridized carbons (Fsp3) is 0.714. The third kappa shape index (κ3) is 4.06. The van der Waals surface area contributed by atoms with Crippen LogP contribution in [0.25, 0.3) is 0 Å². The average molecular weight is 328 g/mol. The van der Waals surface area contributed by atoms with Crippen molar-refractivity contribution in [2.75, 3.05) is 18.0 Å². The van der Waals surface area contributed by atoms with Crippen LogP contribution in [-0.4, -0.2) is 34.0 Å². The molecule has 19 heavy (non-hydrogen) atoms.